The van der Waals surface area contributed by atoms with Crippen LogP contribution in [0.3, 0.4) is 0 Å². The zero-order chi connectivity index (χ0) is 18.4. The lowest BCUT2D eigenvalue weighted by molar-refractivity contribution is 0.233. The number of ether oxygens (including phenoxy) is 1. The minimum Gasteiger partial charge on any atom is -0.454 e. The molecule has 2 aromatic rings. The van der Waals surface area contributed by atoms with E-state index in [1.807, 2.05) is 29.7 Å². The summed E-state index contributed by atoms with van der Waals surface area (Å²) in [4.78, 5) is 4.26. The van der Waals surface area contributed by atoms with Crippen LogP contribution in [0.15, 0.2) is 53.0 Å². The number of hydrogen-bond acceptors (Lipinski definition) is 4. The topological polar surface area (TPSA) is 91.9 Å². The molecule has 3 heterocycles. The molecule has 2 aromatic carbocycles. The van der Waals surface area contributed by atoms with Gasteiger partial charge in [0.2, 0.25) is 5.96 Å². The molecule has 0 aromatic heterocycles. The fourth-order valence-electron chi connectivity index (χ4n) is 4.58. The summed E-state index contributed by atoms with van der Waals surface area (Å²) in [5.41, 5.74) is 13.1. The third kappa shape index (κ3) is 2.78. The Morgan fingerprint density at radius 3 is 2.59 bits per heavy atom. The van der Waals surface area contributed by atoms with E-state index in [4.69, 9.17) is 15.7 Å². The number of nitrogens with one attached hydrogen (secondary N) is 2. The van der Waals surface area contributed by atoms with E-state index in [9.17, 15) is 0 Å². The Bertz CT molecular complexity index is 952. The van der Waals surface area contributed by atoms with Crippen molar-refractivity contribution in [2.24, 2.45) is 10.7 Å². The van der Waals surface area contributed by atoms with Gasteiger partial charge in [0.25, 0.3) is 0 Å². The van der Waals surface area contributed by atoms with E-state index in [-0.39, 0.29) is 5.96 Å². The Morgan fingerprint density at radius 1 is 1.07 bits per heavy atom. The van der Waals surface area contributed by atoms with Crippen molar-refractivity contribution in [1.29, 1.82) is 0 Å². The first-order chi connectivity index (χ1) is 13.2. The maximum Gasteiger partial charge on any atom is 0.218 e. The van der Waals surface area contributed by atoms with Gasteiger partial charge in [0, 0.05) is 23.2 Å². The van der Waals surface area contributed by atoms with Gasteiger partial charge in [0.1, 0.15) is 11.4 Å². The van der Waals surface area contributed by atoms with Gasteiger partial charge in [-0.2, -0.15) is 0 Å². The van der Waals surface area contributed by atoms with E-state index in [0.717, 1.165) is 29.7 Å². The van der Waals surface area contributed by atoms with Crippen LogP contribution in [-0.4, -0.2) is 23.3 Å². The molecule has 3 aliphatic heterocycles. The summed E-state index contributed by atoms with van der Waals surface area (Å²) in [6.07, 6.45) is 4.62. The third-order valence-corrected chi connectivity index (χ3v) is 5.66. The Morgan fingerprint density at radius 2 is 1.81 bits per heavy atom. The molecule has 0 spiro atoms. The second-order valence-electron chi connectivity index (χ2n) is 7.39. The minimum absolute atomic E-state index is 0.0695. The summed E-state index contributed by atoms with van der Waals surface area (Å²) in [6.45, 7) is 0. The van der Waals surface area contributed by atoms with Crippen molar-refractivity contribution in [3.05, 3.63) is 59.2 Å². The lowest BCUT2D eigenvalue weighted by atomic mass is 9.84. The minimum atomic E-state index is -0.0695. The van der Waals surface area contributed by atoms with Gasteiger partial charge in [-0.15, -0.1) is 0 Å². The van der Waals surface area contributed by atoms with Crippen LogP contribution < -0.4 is 21.3 Å². The number of nitrogens with two attached hydrogens (primary N) is 1. The maximum absolute atomic E-state index is 9.02. The molecule has 2 bridgehead atoms. The number of fused-ring (bicyclic) bond motifs is 4. The van der Waals surface area contributed by atoms with Gasteiger partial charge in [-0.1, -0.05) is 35.9 Å². The smallest absolute Gasteiger partial charge is 0.218 e. The van der Waals surface area contributed by atoms with Gasteiger partial charge in [0.15, 0.2) is 5.75 Å². The zero-order valence-corrected chi connectivity index (χ0v) is 14.9. The molecule has 2 atom stereocenters. The highest BCUT2D eigenvalue weighted by atomic mass is 16.5. The van der Waals surface area contributed by atoms with Crippen LogP contribution in [0.1, 0.15) is 36.8 Å². The van der Waals surface area contributed by atoms with Gasteiger partial charge in [0.05, 0.1) is 0 Å². The maximum atomic E-state index is 9.02. The molecule has 0 aliphatic carbocycles. The lowest BCUT2D eigenvalue weighted by Crippen LogP contribution is -2.35. The molecule has 27 heavy (non-hydrogen) atoms. The highest BCUT2D eigenvalue weighted by Crippen LogP contribution is 2.50. The zero-order valence-electron chi connectivity index (χ0n) is 14.9. The Hall–Kier alpha value is -2.83. The first-order valence-corrected chi connectivity index (χ1v) is 9.36. The van der Waals surface area contributed by atoms with Gasteiger partial charge < -0.3 is 15.8 Å². The van der Waals surface area contributed by atoms with E-state index in [2.05, 4.69) is 28.5 Å². The highest BCUT2D eigenvalue weighted by molar-refractivity contribution is 5.93. The van der Waals surface area contributed by atoms with Crippen molar-refractivity contribution < 1.29 is 9.94 Å². The number of hydrogen-bond donors (Lipinski definition) is 4. The number of aliphatic imine (C=N–C) groups is 1. The number of para-hydroxylation sites is 2. The van der Waals surface area contributed by atoms with E-state index < -0.39 is 0 Å². The molecule has 2 unspecified atom stereocenters. The van der Waals surface area contributed by atoms with Crippen molar-refractivity contribution in [1.82, 2.24) is 10.8 Å². The highest BCUT2D eigenvalue weighted by Gasteiger charge is 2.34. The van der Waals surface area contributed by atoms with E-state index in [1.54, 1.807) is 0 Å². The first kappa shape index (κ1) is 16.4. The molecule has 0 amide bonds. The second-order valence-corrected chi connectivity index (χ2v) is 7.39. The van der Waals surface area contributed by atoms with E-state index in [1.165, 1.54) is 24.0 Å². The molecule has 138 valence electrons. The number of nitrogens with zero attached hydrogens (tertiary/aromatic N) is 1. The van der Waals surface area contributed by atoms with E-state index >= 15 is 0 Å². The van der Waals surface area contributed by atoms with Gasteiger partial charge >= 0.3 is 0 Å². The van der Waals surface area contributed by atoms with Crippen molar-refractivity contribution in [2.75, 3.05) is 0 Å². The Balaban J connectivity index is 1.72. The molecule has 2 fully saturated rings. The summed E-state index contributed by atoms with van der Waals surface area (Å²) in [5.74, 6) is 1.44. The predicted octanol–water partition coefficient (Wildman–Crippen LogP) is 3.43. The molecule has 2 saturated heterocycles. The van der Waals surface area contributed by atoms with Crippen LogP contribution in [-0.2, 0) is 0 Å². The Kier molecular flexibility index (Phi) is 3.88. The summed E-state index contributed by atoms with van der Waals surface area (Å²) >= 11 is 0. The number of rotatable bonds is 1. The number of benzene rings is 2. The van der Waals surface area contributed by atoms with Gasteiger partial charge in [-0.05, 0) is 43.4 Å². The molecule has 5 rings (SSSR count). The predicted molar refractivity (Wildman–Crippen MR) is 104 cm³/mol. The van der Waals surface area contributed by atoms with Crippen LogP contribution in [0.5, 0.6) is 11.5 Å². The van der Waals surface area contributed by atoms with Crippen LogP contribution in [0.4, 0.5) is 5.69 Å². The molecule has 0 saturated carbocycles. The van der Waals surface area contributed by atoms with Crippen LogP contribution in [0.2, 0.25) is 0 Å². The van der Waals surface area contributed by atoms with Crippen molar-refractivity contribution in [2.45, 2.75) is 37.8 Å². The quantitative estimate of drug-likeness (QED) is 0.302. The number of piperidine rings is 1. The fourth-order valence-corrected chi connectivity index (χ4v) is 4.58. The van der Waals surface area contributed by atoms with Gasteiger partial charge in [-0.3, -0.25) is 5.21 Å². The molecule has 0 radical (unpaired) electrons. The molecule has 6 nitrogen and oxygen atoms in total. The van der Waals surface area contributed by atoms with Crippen molar-refractivity contribution in [3.63, 3.8) is 0 Å². The van der Waals surface area contributed by atoms with Gasteiger partial charge in [-0.25, -0.2) is 10.5 Å². The molecular formula is C21H22N4O2. The number of hydroxylamine groups is 1. The fraction of sp³-hybridized carbons (Fsp3) is 0.286. The third-order valence-electron chi connectivity index (χ3n) is 5.66. The van der Waals surface area contributed by atoms with Crippen molar-refractivity contribution >= 4 is 17.2 Å². The summed E-state index contributed by atoms with van der Waals surface area (Å²) in [7, 11) is 0. The van der Waals surface area contributed by atoms with Crippen molar-refractivity contribution in [3.8, 4) is 11.5 Å². The average molecular weight is 362 g/mol. The molecular weight excluding hydrogens is 340 g/mol. The molecule has 6 heteroatoms. The van der Waals surface area contributed by atoms with E-state index in [0.29, 0.717) is 23.5 Å². The molecule has 5 N–H and O–H groups in total. The normalized spacial score (nSPS) is 23.5. The number of guanidine groups is 1. The average Bonchev–Trinajstić information content (AvgIpc) is 3.04. The van der Waals surface area contributed by atoms with Crippen LogP contribution in [0.25, 0.3) is 5.57 Å². The summed E-state index contributed by atoms with van der Waals surface area (Å²) in [6, 6.07) is 15.2. The second kappa shape index (κ2) is 6.40. The summed E-state index contributed by atoms with van der Waals surface area (Å²) in [5, 5.41) is 12.7. The largest absolute Gasteiger partial charge is 0.454 e. The first-order valence-electron chi connectivity index (χ1n) is 9.36. The van der Waals surface area contributed by atoms with Crippen LogP contribution >= 0.6 is 0 Å². The molecule has 3 aliphatic rings. The lowest BCUT2D eigenvalue weighted by Gasteiger charge is -2.30. The Labute approximate surface area is 157 Å². The summed E-state index contributed by atoms with van der Waals surface area (Å²) < 4.78 is 6.22. The van der Waals surface area contributed by atoms with Crippen LogP contribution in [0, 0.1) is 0 Å². The monoisotopic (exact) mass is 362 g/mol. The SMILES string of the molecule is NC(=Nc1cccc2c1Oc1ccccc1C2=C1CC2CCC(C1)N2)NO. The standard InChI is InChI=1S/C21H22N4O2/c22-21(25-26)24-17-6-3-5-16-19(12-10-13-8-9-14(11-12)23-13)15-4-1-2-7-18(15)27-20(16)17/h1-7,13-14,23,26H,8-11H2,(H3,22,24,25).